The molecule has 1 aliphatic rings. The van der Waals surface area contributed by atoms with Gasteiger partial charge in [-0.15, -0.1) is 0 Å². The Kier molecular flexibility index (Phi) is 3.28. The van der Waals surface area contributed by atoms with E-state index in [2.05, 4.69) is 4.98 Å². The van der Waals surface area contributed by atoms with Crippen molar-refractivity contribution >= 4 is 0 Å². The van der Waals surface area contributed by atoms with E-state index in [1.165, 1.54) is 0 Å². The van der Waals surface area contributed by atoms with Crippen LogP contribution in [0.5, 0.6) is 0 Å². The number of diazo groups is 1. The lowest BCUT2D eigenvalue weighted by Gasteiger charge is -2.16. The summed E-state index contributed by atoms with van der Waals surface area (Å²) in [5.74, 6) is -1.06. The first-order valence-electron chi connectivity index (χ1n) is 4.21. The molecule has 78 valence electrons. The van der Waals surface area contributed by atoms with Crippen LogP contribution in [-0.2, 0) is 14.2 Å². The van der Waals surface area contributed by atoms with Crippen molar-refractivity contribution < 1.29 is 19.3 Å². The first-order chi connectivity index (χ1) is 6.53. The molecule has 1 N–H and O–H groups in total. The highest BCUT2D eigenvalue weighted by Gasteiger charge is 2.33. The third kappa shape index (κ3) is 3.20. The Labute approximate surface area is 81.7 Å². The molecule has 6 nitrogen and oxygen atoms in total. The number of hydrogen-bond acceptors (Lipinski definition) is 5. The third-order valence-corrected chi connectivity index (χ3v) is 1.65. The first kappa shape index (κ1) is 10.8. The highest BCUT2D eigenvalue weighted by Crippen LogP contribution is 2.22. The molecule has 1 fully saturated rings. The number of aliphatic hydroxyl groups excluding tert-OH is 1. The highest BCUT2D eigenvalue weighted by molar-refractivity contribution is 4.88. The summed E-state index contributed by atoms with van der Waals surface area (Å²) < 4.78 is 15.5. The molecule has 1 heterocycles. The second-order valence-electron chi connectivity index (χ2n) is 3.34. The molecule has 1 saturated heterocycles. The summed E-state index contributed by atoms with van der Waals surface area (Å²) in [5, 5.41) is 17.0. The molecule has 6 heteroatoms. The van der Waals surface area contributed by atoms with Crippen LogP contribution in [0.25, 0.3) is 4.98 Å². The molecular weight excluding hydrogens is 188 g/mol. The summed E-state index contributed by atoms with van der Waals surface area (Å²) in [6, 6.07) is 0. The summed E-state index contributed by atoms with van der Waals surface area (Å²) in [6.07, 6.45) is 0.570. The number of hydrogen-bond donors (Lipinski definition) is 1. The van der Waals surface area contributed by atoms with Crippen LogP contribution in [0.2, 0.25) is 0 Å². The van der Waals surface area contributed by atoms with E-state index in [1.54, 1.807) is 13.8 Å². The molecule has 0 aromatic carbocycles. The monoisotopic (exact) mass is 201 g/mol. The van der Waals surface area contributed by atoms with Crippen LogP contribution in [0.4, 0.5) is 0 Å². The summed E-state index contributed by atoms with van der Waals surface area (Å²) in [4.78, 5) is 2.60. The lowest BCUT2D eigenvalue weighted by atomic mass is 10.4. The Morgan fingerprint density at radius 1 is 1.79 bits per heavy atom. The van der Waals surface area contributed by atoms with Crippen molar-refractivity contribution in [3.63, 3.8) is 0 Å². The van der Waals surface area contributed by atoms with Crippen LogP contribution in [-0.4, -0.2) is 30.2 Å². The zero-order valence-electron chi connectivity index (χ0n) is 8.14. The van der Waals surface area contributed by atoms with E-state index >= 15 is 0 Å². The van der Waals surface area contributed by atoms with Crippen molar-refractivity contribution in [3.05, 3.63) is 17.1 Å². The molecule has 0 aliphatic carbocycles. The quantitative estimate of drug-likeness (QED) is 0.551. The van der Waals surface area contributed by atoms with Gasteiger partial charge in [0.05, 0.1) is 6.61 Å². The number of rotatable bonds is 3. The fourth-order valence-electron chi connectivity index (χ4n) is 1.11. The molecule has 0 unspecified atom stereocenters. The van der Waals surface area contributed by atoms with Gasteiger partial charge in [0.15, 0.2) is 10.8 Å². The number of ether oxygens (including phenoxy) is 3. The second kappa shape index (κ2) is 4.26. The molecule has 1 atom stereocenters. The fourth-order valence-corrected chi connectivity index (χ4v) is 1.11. The second-order valence-corrected chi connectivity index (χ2v) is 3.34. The van der Waals surface area contributed by atoms with Crippen LogP contribution in [0, 0.1) is 5.39 Å². The first-order valence-corrected chi connectivity index (χ1v) is 4.21. The molecule has 0 bridgehead atoms. The average molecular weight is 201 g/mol. The fraction of sp³-hybridized carbons (Fsp3) is 0.750. The predicted octanol–water partition coefficient (Wildman–Crippen LogP) is 1.36. The van der Waals surface area contributed by atoms with Crippen molar-refractivity contribution in [1.29, 1.82) is 5.39 Å². The minimum atomic E-state index is -0.602. The van der Waals surface area contributed by atoms with Gasteiger partial charge in [0.2, 0.25) is 5.39 Å². The Bertz CT molecular complexity index is 269. The maximum absolute atomic E-state index is 8.93. The lowest BCUT2D eigenvalue weighted by molar-refractivity contribution is -0.145. The van der Waals surface area contributed by atoms with Gasteiger partial charge >= 0.3 is 12.1 Å². The number of nitrogens with zero attached hydrogens (tertiary/aromatic N) is 2. The van der Waals surface area contributed by atoms with Gasteiger partial charge in [0.25, 0.3) is 0 Å². The van der Waals surface area contributed by atoms with Gasteiger partial charge in [-0.3, -0.25) is 0 Å². The van der Waals surface area contributed by atoms with E-state index in [9.17, 15) is 0 Å². The van der Waals surface area contributed by atoms with Gasteiger partial charge in [-0.25, -0.2) is 0 Å². The average Bonchev–Trinajstić information content (AvgIpc) is 2.43. The molecule has 0 aromatic rings. The lowest BCUT2D eigenvalue weighted by Crippen LogP contribution is -2.23. The number of aliphatic hydroxyl groups is 1. The Morgan fingerprint density at radius 2 is 2.50 bits per heavy atom. The van der Waals surface area contributed by atoms with Gasteiger partial charge in [0, 0.05) is 0 Å². The van der Waals surface area contributed by atoms with Gasteiger partial charge in [-0.05, 0) is 13.8 Å². The molecule has 0 spiro atoms. The Hall–Kier alpha value is -1.32. The Morgan fingerprint density at radius 3 is 3.00 bits per heavy atom. The van der Waals surface area contributed by atoms with Crippen molar-refractivity contribution in [2.24, 2.45) is 0 Å². The normalized spacial score (nSPS) is 25.8. The summed E-state index contributed by atoms with van der Waals surface area (Å²) >= 11 is 0. The van der Waals surface area contributed by atoms with E-state index in [0.29, 0.717) is 6.61 Å². The van der Waals surface area contributed by atoms with Crippen LogP contribution >= 0.6 is 0 Å². The molecular formula is C8H13N2O4+. The van der Waals surface area contributed by atoms with E-state index < -0.39 is 11.7 Å². The van der Waals surface area contributed by atoms with Crippen LogP contribution < -0.4 is 0 Å². The van der Waals surface area contributed by atoms with Gasteiger partial charge in [-0.2, -0.15) is 0 Å². The van der Waals surface area contributed by atoms with Gasteiger partial charge < -0.3 is 19.3 Å². The summed E-state index contributed by atoms with van der Waals surface area (Å²) in [7, 11) is 0. The van der Waals surface area contributed by atoms with Crippen LogP contribution in [0.15, 0.2) is 12.1 Å². The van der Waals surface area contributed by atoms with Crippen molar-refractivity contribution in [2.75, 3.05) is 13.2 Å². The largest absolute Gasteiger partial charge is 0.476 e. The molecule has 14 heavy (non-hydrogen) atoms. The topological polar surface area (TPSA) is 76.1 Å². The molecule has 0 amide bonds. The van der Waals surface area contributed by atoms with Crippen LogP contribution in [0.3, 0.4) is 0 Å². The molecule has 0 radical (unpaired) electrons. The van der Waals surface area contributed by atoms with Crippen molar-refractivity contribution in [3.8, 4) is 0 Å². The maximum atomic E-state index is 8.93. The summed E-state index contributed by atoms with van der Waals surface area (Å²) in [5.41, 5.74) is 0. The zero-order chi connectivity index (χ0) is 10.6. The standard InChI is InChI=1S/C8H12N2O4/c1-8(2)13-5-6(14-8)4-12-7(11)3-10-9/h3,6H,4-5H2,1-2H3/p+1/b7-3+/t6-/m1/s1. The predicted molar refractivity (Wildman–Crippen MR) is 46.7 cm³/mol. The van der Waals surface area contributed by atoms with Crippen molar-refractivity contribution in [1.82, 2.24) is 0 Å². The van der Waals surface area contributed by atoms with Gasteiger partial charge in [-0.1, -0.05) is 0 Å². The maximum Gasteiger partial charge on any atom is 0.429 e. The zero-order valence-corrected chi connectivity index (χ0v) is 8.14. The SMILES string of the molecule is CC1(C)OC[C@@H](CO/C(O)=C/[N+]#N)O1. The molecule has 0 saturated carbocycles. The highest BCUT2D eigenvalue weighted by atomic mass is 16.8. The van der Waals surface area contributed by atoms with Gasteiger partial charge in [0.1, 0.15) is 12.7 Å². The smallest absolute Gasteiger partial charge is 0.429 e. The van der Waals surface area contributed by atoms with Crippen LogP contribution in [0.1, 0.15) is 13.8 Å². The summed E-state index contributed by atoms with van der Waals surface area (Å²) in [6.45, 7) is 4.16. The van der Waals surface area contributed by atoms with E-state index in [4.69, 9.17) is 24.7 Å². The molecule has 1 rings (SSSR count). The third-order valence-electron chi connectivity index (χ3n) is 1.65. The Balaban J connectivity index is 2.28. The van der Waals surface area contributed by atoms with Crippen molar-refractivity contribution in [2.45, 2.75) is 25.7 Å². The minimum absolute atomic E-state index is 0.154. The van der Waals surface area contributed by atoms with E-state index in [1.807, 2.05) is 0 Å². The van der Waals surface area contributed by atoms with E-state index in [-0.39, 0.29) is 12.7 Å². The molecule has 0 aromatic heterocycles. The van der Waals surface area contributed by atoms with E-state index in [0.717, 1.165) is 6.20 Å². The minimum Gasteiger partial charge on any atom is -0.476 e. The molecule has 1 aliphatic heterocycles.